The summed E-state index contributed by atoms with van der Waals surface area (Å²) in [5, 5.41) is 11.0. The largest absolute Gasteiger partial charge is 0.504 e. The molecule has 7 rings (SSSR count). The Morgan fingerprint density at radius 3 is 2.76 bits per heavy atom. The van der Waals surface area contributed by atoms with E-state index in [0.29, 0.717) is 11.8 Å². The number of phenols is 1. The van der Waals surface area contributed by atoms with Crippen molar-refractivity contribution in [2.75, 3.05) is 20.1 Å². The number of rotatable bonds is 6. The van der Waals surface area contributed by atoms with Crippen molar-refractivity contribution in [3.63, 3.8) is 0 Å². The summed E-state index contributed by atoms with van der Waals surface area (Å²) in [6.45, 7) is 6.57. The fourth-order valence-corrected chi connectivity index (χ4v) is 8.86. The molecule has 2 aliphatic carbocycles. The minimum atomic E-state index is -0.222. The predicted octanol–water partition coefficient (Wildman–Crippen LogP) is 5.91. The molecule has 5 atom stereocenters. The molecule has 3 aromatic rings. The Morgan fingerprint density at radius 1 is 1.12 bits per heavy atom. The van der Waals surface area contributed by atoms with Crippen molar-refractivity contribution in [1.29, 1.82) is 0 Å². The van der Waals surface area contributed by atoms with E-state index in [1.54, 1.807) is 6.08 Å². The average molecular weight is 549 g/mol. The number of aryl methyl sites for hydroxylation is 1. The van der Waals surface area contributed by atoms with Crippen LogP contribution in [-0.4, -0.2) is 59.1 Å². The highest BCUT2D eigenvalue weighted by molar-refractivity contribution is 5.92. The Balaban J connectivity index is 1.21. The second-order valence-corrected chi connectivity index (χ2v) is 12.9. The van der Waals surface area contributed by atoms with E-state index in [0.717, 1.165) is 50.8 Å². The summed E-state index contributed by atoms with van der Waals surface area (Å²) >= 11 is 0. The standard InChI is InChI=1S/C36H40N2O3/c1-24-8-7-11-26(22-24)12-15-31(40)37(3)28-16-18-35(2)30-23-27-13-14-29(39)33-32(27)36(35,34(28)41-33)19-21-38(30)20-17-25-9-5-4-6-10-25/h4-15,22,28,30,34,39H,16-21,23H2,1-3H3/t28-,30+,34-,35-,36-/m0/s1. The monoisotopic (exact) mass is 548 g/mol. The third-order valence-corrected chi connectivity index (χ3v) is 10.9. The van der Waals surface area contributed by atoms with Gasteiger partial charge < -0.3 is 14.7 Å². The fraction of sp³-hybridized carbons (Fsp3) is 0.417. The highest BCUT2D eigenvalue weighted by Crippen LogP contribution is 2.69. The van der Waals surface area contributed by atoms with Gasteiger partial charge in [0.1, 0.15) is 6.10 Å². The number of nitrogens with zero attached hydrogens (tertiary/aromatic N) is 2. The van der Waals surface area contributed by atoms with Gasteiger partial charge >= 0.3 is 0 Å². The first-order chi connectivity index (χ1) is 19.8. The van der Waals surface area contributed by atoms with Crippen LogP contribution in [0.15, 0.2) is 72.8 Å². The van der Waals surface area contributed by atoms with Crippen molar-refractivity contribution in [2.24, 2.45) is 5.41 Å². The Bertz CT molecular complexity index is 1520. The highest BCUT2D eigenvalue weighted by atomic mass is 16.5. The summed E-state index contributed by atoms with van der Waals surface area (Å²) in [7, 11) is 1.93. The van der Waals surface area contributed by atoms with Crippen LogP contribution in [0.4, 0.5) is 0 Å². The molecule has 0 radical (unpaired) electrons. The molecule has 1 saturated heterocycles. The van der Waals surface area contributed by atoms with E-state index in [1.165, 1.54) is 22.3 Å². The van der Waals surface area contributed by atoms with Gasteiger partial charge in [0.15, 0.2) is 11.5 Å². The maximum atomic E-state index is 13.5. The molecule has 5 heteroatoms. The van der Waals surface area contributed by atoms with Gasteiger partial charge in [-0.25, -0.2) is 0 Å². The zero-order valence-electron chi connectivity index (χ0n) is 24.3. The average Bonchev–Trinajstić information content (AvgIpc) is 3.33. The number of ether oxygens (including phenoxy) is 1. The Labute approximate surface area is 243 Å². The molecule has 1 spiro atoms. The van der Waals surface area contributed by atoms with Crippen LogP contribution in [0.2, 0.25) is 0 Å². The van der Waals surface area contributed by atoms with Gasteiger partial charge in [0, 0.05) is 36.7 Å². The summed E-state index contributed by atoms with van der Waals surface area (Å²) in [5.41, 5.74) is 5.89. The van der Waals surface area contributed by atoms with Gasteiger partial charge in [0.2, 0.25) is 5.91 Å². The van der Waals surface area contributed by atoms with E-state index in [4.69, 9.17) is 4.74 Å². The van der Waals surface area contributed by atoms with Gasteiger partial charge in [-0.15, -0.1) is 0 Å². The van der Waals surface area contributed by atoms with Crippen molar-refractivity contribution in [1.82, 2.24) is 9.80 Å². The third kappa shape index (κ3) is 3.96. The molecule has 1 amide bonds. The maximum Gasteiger partial charge on any atom is 0.246 e. The lowest BCUT2D eigenvalue weighted by Crippen LogP contribution is -2.73. The number of phenolic OH excluding ortho intramolecular Hbond substituents is 1. The fourth-order valence-electron chi connectivity index (χ4n) is 8.86. The van der Waals surface area contributed by atoms with Gasteiger partial charge in [-0.3, -0.25) is 9.69 Å². The second kappa shape index (κ2) is 9.77. The van der Waals surface area contributed by atoms with E-state index < -0.39 is 0 Å². The normalized spacial score (nSPS) is 29.7. The summed E-state index contributed by atoms with van der Waals surface area (Å²) in [6, 6.07) is 23.3. The number of hydrogen-bond donors (Lipinski definition) is 1. The van der Waals surface area contributed by atoms with Crippen molar-refractivity contribution < 1.29 is 14.6 Å². The number of likely N-dealkylation sites (N-methyl/N-ethyl adjacent to an activating group) is 1. The lowest BCUT2D eigenvalue weighted by Gasteiger charge is -2.66. The van der Waals surface area contributed by atoms with Crippen molar-refractivity contribution in [3.8, 4) is 11.5 Å². The smallest absolute Gasteiger partial charge is 0.246 e. The van der Waals surface area contributed by atoms with Gasteiger partial charge in [-0.2, -0.15) is 0 Å². The summed E-state index contributed by atoms with van der Waals surface area (Å²) in [4.78, 5) is 18.2. The first-order valence-electron chi connectivity index (χ1n) is 15.1. The van der Waals surface area contributed by atoms with Gasteiger partial charge in [0.25, 0.3) is 0 Å². The predicted molar refractivity (Wildman–Crippen MR) is 162 cm³/mol. The van der Waals surface area contributed by atoms with Crippen LogP contribution in [0.5, 0.6) is 11.5 Å². The van der Waals surface area contributed by atoms with E-state index in [1.807, 2.05) is 36.2 Å². The van der Waals surface area contributed by atoms with E-state index in [9.17, 15) is 9.90 Å². The molecule has 212 valence electrons. The SMILES string of the molecule is Cc1cccc(C=CC(=O)N(C)[C@H]2CC[C@@]3(C)[C@H]4Cc5ccc(O)c6c5[C@@]3(CCN4CCc3ccccc3)[C@H]2O6)c1. The van der Waals surface area contributed by atoms with Crippen LogP contribution >= 0.6 is 0 Å². The quantitative estimate of drug-likeness (QED) is 0.389. The Kier molecular flexibility index (Phi) is 6.27. The number of benzene rings is 3. The molecule has 0 aromatic heterocycles. The number of piperidine rings is 1. The van der Waals surface area contributed by atoms with Crippen molar-refractivity contribution in [3.05, 3.63) is 101 Å². The first kappa shape index (κ1) is 26.3. The second-order valence-electron chi connectivity index (χ2n) is 12.9. The molecule has 2 fully saturated rings. The Hall–Kier alpha value is -3.57. The van der Waals surface area contributed by atoms with Crippen LogP contribution in [0.3, 0.4) is 0 Å². The molecule has 2 bridgehead atoms. The molecule has 3 aromatic carbocycles. The molecule has 2 heterocycles. The van der Waals surface area contributed by atoms with Crippen LogP contribution in [0.25, 0.3) is 6.08 Å². The lowest BCUT2D eigenvalue weighted by molar-refractivity contribution is -0.150. The van der Waals surface area contributed by atoms with Crippen LogP contribution in [-0.2, 0) is 23.1 Å². The molecule has 41 heavy (non-hydrogen) atoms. The molecule has 4 aliphatic rings. The molecule has 5 nitrogen and oxygen atoms in total. The van der Waals surface area contributed by atoms with Crippen molar-refractivity contribution in [2.45, 2.75) is 69.6 Å². The number of likely N-dealkylation sites (tertiary alicyclic amines) is 1. The van der Waals surface area contributed by atoms with Gasteiger partial charge in [-0.1, -0.05) is 73.2 Å². The number of aromatic hydroxyl groups is 1. The first-order valence-corrected chi connectivity index (χ1v) is 15.1. The number of carbonyl (C=O) groups excluding carboxylic acids is 1. The van der Waals surface area contributed by atoms with E-state index in [-0.39, 0.29) is 34.6 Å². The summed E-state index contributed by atoms with van der Waals surface area (Å²) in [6.07, 6.45) is 8.33. The molecule has 0 unspecified atom stereocenters. The van der Waals surface area contributed by atoms with Crippen LogP contribution in [0, 0.1) is 12.3 Å². The third-order valence-electron chi connectivity index (χ3n) is 10.9. The molecule has 1 saturated carbocycles. The zero-order valence-corrected chi connectivity index (χ0v) is 24.3. The number of carbonyl (C=O) groups is 1. The number of amides is 1. The molecular weight excluding hydrogens is 508 g/mol. The topological polar surface area (TPSA) is 53.0 Å². The number of hydrogen-bond acceptors (Lipinski definition) is 4. The molecular formula is C36H40N2O3. The Morgan fingerprint density at radius 2 is 1.95 bits per heavy atom. The molecule has 2 aliphatic heterocycles. The summed E-state index contributed by atoms with van der Waals surface area (Å²) in [5.74, 6) is 0.887. The zero-order chi connectivity index (χ0) is 28.4. The van der Waals surface area contributed by atoms with E-state index in [2.05, 4.69) is 67.3 Å². The van der Waals surface area contributed by atoms with Gasteiger partial charge in [-0.05, 0) is 79.8 Å². The van der Waals surface area contributed by atoms with Gasteiger partial charge in [0.05, 0.1) is 6.04 Å². The lowest BCUT2D eigenvalue weighted by atomic mass is 9.43. The van der Waals surface area contributed by atoms with E-state index >= 15 is 0 Å². The van der Waals surface area contributed by atoms with Crippen LogP contribution < -0.4 is 4.74 Å². The van der Waals surface area contributed by atoms with Crippen LogP contribution in [0.1, 0.15) is 54.0 Å². The molecule has 1 N–H and O–H groups in total. The summed E-state index contributed by atoms with van der Waals surface area (Å²) < 4.78 is 6.82. The minimum absolute atomic E-state index is 0.00353. The van der Waals surface area contributed by atoms with Crippen molar-refractivity contribution >= 4 is 12.0 Å². The minimum Gasteiger partial charge on any atom is -0.504 e. The highest BCUT2D eigenvalue weighted by Gasteiger charge is 2.71. The maximum absolute atomic E-state index is 13.5.